The van der Waals surface area contributed by atoms with Crippen molar-refractivity contribution in [1.82, 2.24) is 59.8 Å². The molecule has 6 aromatic heterocycles. The second-order valence-corrected chi connectivity index (χ2v) is 20.9. The molecule has 476 valence electrons. The second kappa shape index (κ2) is 36.1. The Labute approximate surface area is 493 Å². The second-order valence-electron chi connectivity index (χ2n) is 20.9. The molecule has 2 fully saturated rings. The quantitative estimate of drug-likeness (QED) is 0.0366. The van der Waals surface area contributed by atoms with Crippen LogP contribution in [0, 0.1) is 0 Å². The largest absolute Gasteiger partial charge is 0.446 e. The highest BCUT2D eigenvalue weighted by atomic mass is 19.3. The van der Waals surface area contributed by atoms with Crippen LogP contribution < -0.4 is 46.6 Å². The molecular weight excluding hydrogens is 1150 g/mol. The number of halogens is 9. The number of aromatic nitrogens is 12. The molecule has 2 aliphatic carbocycles. The van der Waals surface area contributed by atoms with Crippen molar-refractivity contribution in [1.29, 1.82) is 0 Å². The van der Waals surface area contributed by atoms with Crippen LogP contribution in [0.1, 0.15) is 215 Å². The van der Waals surface area contributed by atoms with E-state index in [9.17, 15) is 49.1 Å². The van der Waals surface area contributed by atoms with Crippen LogP contribution in [0.2, 0.25) is 0 Å². The zero-order valence-corrected chi connectivity index (χ0v) is 50.7. The zero-order valence-electron chi connectivity index (χ0n) is 50.7. The summed E-state index contributed by atoms with van der Waals surface area (Å²) in [6, 6.07) is 0.882. The summed E-state index contributed by atoms with van der Waals surface area (Å²) in [6.07, 6.45) is 4.15. The van der Waals surface area contributed by atoms with Crippen molar-refractivity contribution in [2.45, 2.75) is 176 Å². The van der Waals surface area contributed by atoms with Crippen molar-refractivity contribution < 1.29 is 53.7 Å². The molecule has 8 rings (SSSR count). The third kappa shape index (κ3) is 24.2. The van der Waals surface area contributed by atoms with Gasteiger partial charge in [0.15, 0.2) is 11.6 Å². The fourth-order valence-corrected chi connectivity index (χ4v) is 7.05. The van der Waals surface area contributed by atoms with Crippen molar-refractivity contribution in [2.75, 3.05) is 55.9 Å². The molecular formula is C56H79F9N16O5. The van der Waals surface area contributed by atoms with Gasteiger partial charge in [0.2, 0.25) is 38.2 Å². The van der Waals surface area contributed by atoms with Gasteiger partial charge in [-0.05, 0) is 49.4 Å². The van der Waals surface area contributed by atoms with Gasteiger partial charge in [-0.2, -0.15) is 9.97 Å². The summed E-state index contributed by atoms with van der Waals surface area (Å²) in [5.74, 6) is 3.67. The number of anilines is 4. The fraction of sp³-hybridized carbons (Fsp3) is 0.571. The molecule has 0 aliphatic heterocycles. The average molecular weight is 1230 g/mol. The van der Waals surface area contributed by atoms with Crippen molar-refractivity contribution in [2.24, 2.45) is 0 Å². The number of ether oxygens (including phenoxy) is 3. The summed E-state index contributed by atoms with van der Waals surface area (Å²) in [7, 11) is 3.39. The van der Waals surface area contributed by atoms with Crippen LogP contribution in [0.4, 0.5) is 62.8 Å². The van der Waals surface area contributed by atoms with Gasteiger partial charge in [-0.25, -0.2) is 54.5 Å². The third-order valence-electron chi connectivity index (χ3n) is 11.7. The van der Waals surface area contributed by atoms with Gasteiger partial charge < -0.3 is 40.5 Å². The van der Waals surface area contributed by atoms with E-state index in [1.54, 1.807) is 27.9 Å². The van der Waals surface area contributed by atoms with E-state index < -0.39 is 51.1 Å². The number of alkyl halides is 9. The first-order chi connectivity index (χ1) is 40.7. The number of rotatable bonds is 21. The summed E-state index contributed by atoms with van der Waals surface area (Å²) >= 11 is 0. The van der Waals surface area contributed by atoms with E-state index in [0.29, 0.717) is 40.9 Å². The van der Waals surface area contributed by atoms with Gasteiger partial charge >= 0.3 is 0 Å². The van der Waals surface area contributed by atoms with Crippen LogP contribution >= 0.6 is 0 Å². The number of nitrogens with zero attached hydrogens (tertiary/aromatic N) is 10. The molecule has 2 aliphatic rings. The fourth-order valence-electron chi connectivity index (χ4n) is 7.05. The van der Waals surface area contributed by atoms with E-state index in [0.717, 1.165) is 67.2 Å². The molecule has 0 saturated heterocycles. The molecule has 0 bridgehead atoms. The van der Waals surface area contributed by atoms with Crippen LogP contribution in [-0.2, 0) is 0 Å². The summed E-state index contributed by atoms with van der Waals surface area (Å²) in [5.41, 5.74) is 2.06. The minimum Gasteiger partial charge on any atom is -0.446 e. The Balaban J connectivity index is 0.000000271. The molecule has 2 saturated carbocycles. The number of hydrogen-bond donors (Lipinski definition) is 6. The Bertz CT molecular complexity index is 3100. The van der Waals surface area contributed by atoms with Gasteiger partial charge in [0.25, 0.3) is 30.4 Å². The van der Waals surface area contributed by atoms with Crippen molar-refractivity contribution in [3.05, 3.63) is 109 Å². The molecule has 6 N–H and O–H groups in total. The lowest BCUT2D eigenvalue weighted by Crippen LogP contribution is -2.18. The van der Waals surface area contributed by atoms with Crippen molar-refractivity contribution >= 4 is 23.3 Å². The lowest BCUT2D eigenvalue weighted by molar-refractivity contribution is 0.145. The maximum atomic E-state index is 12.5. The van der Waals surface area contributed by atoms with Crippen LogP contribution in [0.25, 0.3) is 0 Å². The van der Waals surface area contributed by atoms with E-state index in [4.69, 9.17) is 4.74 Å². The van der Waals surface area contributed by atoms with E-state index in [1.165, 1.54) is 18.6 Å². The zero-order chi connectivity index (χ0) is 64.4. The predicted molar refractivity (Wildman–Crippen MR) is 309 cm³/mol. The van der Waals surface area contributed by atoms with E-state index >= 15 is 0 Å². The Morgan fingerprint density at radius 3 is 1.09 bits per heavy atom. The first kappa shape index (κ1) is 72.3. The molecule has 0 aromatic carbocycles. The van der Waals surface area contributed by atoms with Crippen LogP contribution in [0.3, 0.4) is 0 Å². The highest BCUT2D eigenvalue weighted by Gasteiger charge is 2.26. The van der Waals surface area contributed by atoms with Gasteiger partial charge in [-0.1, -0.05) is 83.1 Å². The summed E-state index contributed by atoms with van der Waals surface area (Å²) in [6.45, 7) is 20.5. The minimum absolute atomic E-state index is 0.0446. The Kier molecular flexibility index (Phi) is 30.4. The SMILES string of the molecule is CC(C)c1ncc(C(F)F)[nH]c1=O.CC(C)c1ncc(C(F)F)nc1NC1CC1.CC(C)c1ncc(OCF)[nH]c1=O.CC(C)c1ncc(OCF)nc1NC1CC1.CNc1nc(C(F)F)cnc1C(C)C.CNc1nc(OCF)cnc1C(C)C. The van der Waals surface area contributed by atoms with Crippen molar-refractivity contribution in [3.8, 4) is 17.6 Å². The van der Waals surface area contributed by atoms with Crippen molar-refractivity contribution in [3.63, 3.8) is 0 Å². The van der Waals surface area contributed by atoms with Gasteiger partial charge in [-0.3, -0.25) is 39.5 Å². The van der Waals surface area contributed by atoms with Gasteiger partial charge in [0.1, 0.15) is 40.1 Å². The maximum absolute atomic E-state index is 12.5. The molecule has 0 atom stereocenters. The van der Waals surface area contributed by atoms with E-state index in [-0.39, 0.29) is 75.8 Å². The maximum Gasteiger partial charge on any atom is 0.281 e. The molecule has 6 aromatic rings. The summed E-state index contributed by atoms with van der Waals surface area (Å²) < 4.78 is 123. The number of hydrogen-bond acceptors (Lipinski definition) is 19. The van der Waals surface area contributed by atoms with Gasteiger partial charge in [-0.15, -0.1) is 0 Å². The minimum atomic E-state index is -2.68. The monoisotopic (exact) mass is 1230 g/mol. The molecule has 86 heavy (non-hydrogen) atoms. The molecule has 21 nitrogen and oxygen atoms in total. The first-order valence-electron chi connectivity index (χ1n) is 27.6. The molecule has 0 amide bonds. The first-order valence-corrected chi connectivity index (χ1v) is 27.6. The molecule has 6 heterocycles. The third-order valence-corrected chi connectivity index (χ3v) is 11.7. The Hall–Kier alpha value is -7.95. The normalized spacial score (nSPS) is 12.6. The van der Waals surface area contributed by atoms with Crippen LogP contribution in [-0.4, -0.2) is 107 Å². The van der Waals surface area contributed by atoms with Crippen LogP contribution in [0.5, 0.6) is 17.6 Å². The topological polar surface area (TPSA) is 270 Å². The summed E-state index contributed by atoms with van der Waals surface area (Å²) in [5, 5.41) is 12.1. The Morgan fingerprint density at radius 1 is 0.430 bits per heavy atom. The molecule has 30 heteroatoms. The average Bonchev–Trinajstić information content (AvgIpc) is 4.60. The smallest absolute Gasteiger partial charge is 0.281 e. The lowest BCUT2D eigenvalue weighted by Gasteiger charge is -2.13. The lowest BCUT2D eigenvalue weighted by atomic mass is 10.1. The van der Waals surface area contributed by atoms with E-state index in [2.05, 4.69) is 104 Å². The number of nitrogens with one attached hydrogen (secondary N) is 6. The van der Waals surface area contributed by atoms with E-state index in [1.807, 2.05) is 55.4 Å². The highest BCUT2D eigenvalue weighted by Crippen LogP contribution is 2.31. The van der Waals surface area contributed by atoms with Gasteiger partial charge in [0, 0.05) is 38.0 Å². The standard InChI is InChI=1S/C11H15F2N3.C11H16FN3O.C9H13F2N3.C9H14FN3O.C8H10F2N2O.C8H11FN2O2/c1-6(2)9-11(15-7-3-4-7)16-8(5-14-9)10(12)13;1-7(2)10-11(14-8-3-4-8)15-9(5-13-10)16-6-12;1-5(2)7-9(12-3)14-6(4-13-7)8(10)11;1-6(2)8-9(11-3)13-7(4-12-8)14-5-10;1-4(2)6-8(13)12-5(3-11-6)7(9)10;1-5(2)7-8(12)11-6(3-10-7)13-4-9/h5-7,10H,3-4H2,1-2H3,(H,15,16);5,7-8H,3-4,6H2,1-2H3,(H,14,15);4-5,8H,1-3H3,(H,12,14);4,6H,5H2,1-3H3,(H,11,13);3-4,7H,1-2H3,(H,12,13);3,5H,4H2,1-2H3,(H,11,12). The number of aromatic amines is 2. The molecule has 0 radical (unpaired) electrons. The summed E-state index contributed by atoms with van der Waals surface area (Å²) in [4.78, 5) is 66.9. The highest BCUT2D eigenvalue weighted by molar-refractivity contribution is 5.46. The Morgan fingerprint density at radius 2 is 0.756 bits per heavy atom. The number of H-pyrrole nitrogens is 2. The predicted octanol–water partition coefficient (Wildman–Crippen LogP) is 13.1. The molecule has 0 unspecified atom stereocenters. The van der Waals surface area contributed by atoms with Gasteiger partial charge in [0.05, 0.1) is 60.0 Å². The molecule has 0 spiro atoms. The van der Waals surface area contributed by atoms with Crippen LogP contribution in [0.15, 0.2) is 46.8 Å².